The first kappa shape index (κ1) is 17.7. The summed E-state index contributed by atoms with van der Waals surface area (Å²) in [6, 6.07) is 29.7. The monoisotopic (exact) mass is 338 g/mol. The topological polar surface area (TPSA) is 17.1 Å². The first-order valence-corrected chi connectivity index (χ1v) is 8.85. The van der Waals surface area contributed by atoms with Crippen LogP contribution < -0.4 is 0 Å². The maximum absolute atomic E-state index is 12.8. The molecule has 0 aromatic heterocycles. The van der Waals surface area contributed by atoms with Crippen LogP contribution in [0.25, 0.3) is 0 Å². The lowest BCUT2D eigenvalue weighted by molar-refractivity contribution is 0.0954. The van der Waals surface area contributed by atoms with E-state index in [1.54, 1.807) is 0 Å². The molecule has 1 nitrogen and oxygen atoms in total. The normalized spacial score (nSPS) is 12.5. The summed E-state index contributed by atoms with van der Waals surface area (Å²) in [4.78, 5) is 12.8. The van der Waals surface area contributed by atoms with E-state index in [-0.39, 0.29) is 11.2 Å². The molecule has 26 heavy (non-hydrogen) atoms. The molecule has 1 unspecified atom stereocenters. The summed E-state index contributed by atoms with van der Waals surface area (Å²) in [5.41, 5.74) is 2.57. The Morgan fingerprint density at radius 2 is 1.35 bits per heavy atom. The largest absolute Gasteiger partial charge is 0.294 e. The Morgan fingerprint density at radius 3 is 1.96 bits per heavy atom. The molecule has 0 bridgehead atoms. The molecule has 0 aliphatic rings. The summed E-state index contributed by atoms with van der Waals surface area (Å²) < 4.78 is 0. The molecule has 0 spiro atoms. The molecule has 0 saturated heterocycles. The molecule has 3 rings (SSSR count). The number of carbonyl (C=O) groups excluding carboxylic acids is 1. The lowest BCUT2D eigenvalue weighted by Gasteiger charge is -2.27. The van der Waals surface area contributed by atoms with Crippen molar-refractivity contribution in [3.05, 3.63) is 108 Å². The number of hydrogen-bond acceptors (Lipinski definition) is 1. The lowest BCUT2D eigenvalue weighted by atomic mass is 9.75. The van der Waals surface area contributed by atoms with Gasteiger partial charge in [0.15, 0.2) is 5.78 Å². The maximum Gasteiger partial charge on any atom is 0.163 e. The zero-order valence-electron chi connectivity index (χ0n) is 15.0. The van der Waals surface area contributed by atoms with Crippen molar-refractivity contribution < 1.29 is 4.79 Å². The molecule has 0 heterocycles. The van der Waals surface area contributed by atoms with Gasteiger partial charge in [-0.25, -0.2) is 0 Å². The minimum absolute atomic E-state index is 0.151. The van der Waals surface area contributed by atoms with Crippen LogP contribution >= 0.6 is 0 Å². The van der Waals surface area contributed by atoms with Crippen LogP contribution in [0.1, 0.15) is 41.3 Å². The molecule has 0 aliphatic carbocycles. The van der Waals surface area contributed by atoms with Crippen molar-refractivity contribution in [1.82, 2.24) is 0 Å². The van der Waals surface area contributed by atoms with E-state index in [0.717, 1.165) is 16.7 Å². The third-order valence-corrected chi connectivity index (χ3v) is 4.60. The van der Waals surface area contributed by atoms with Crippen molar-refractivity contribution in [1.29, 1.82) is 0 Å². The Labute approximate surface area is 155 Å². The van der Waals surface area contributed by atoms with E-state index in [4.69, 9.17) is 0 Å². The molecule has 128 valence electrons. The molecule has 0 fully saturated rings. The number of hydrogen-bond donors (Lipinski definition) is 0. The predicted molar refractivity (Wildman–Crippen MR) is 107 cm³/mol. The molecule has 0 aliphatic heterocycles. The highest BCUT2D eigenvalue weighted by molar-refractivity contribution is 5.96. The van der Waals surface area contributed by atoms with Gasteiger partial charge in [-0.15, -0.1) is 0 Å². The van der Waals surface area contributed by atoms with Crippen molar-refractivity contribution in [2.24, 2.45) is 0 Å². The highest BCUT2D eigenvalue weighted by Gasteiger charge is 2.29. The van der Waals surface area contributed by atoms with Crippen LogP contribution in [-0.2, 0) is 5.41 Å². The molecular formula is C25H22O. The average molecular weight is 338 g/mol. The van der Waals surface area contributed by atoms with Gasteiger partial charge >= 0.3 is 0 Å². The van der Waals surface area contributed by atoms with Gasteiger partial charge in [-0.1, -0.05) is 97.6 Å². The average Bonchev–Trinajstić information content (AvgIpc) is 2.70. The summed E-state index contributed by atoms with van der Waals surface area (Å²) in [7, 11) is 0. The van der Waals surface area contributed by atoms with E-state index in [2.05, 4.69) is 30.9 Å². The van der Waals surface area contributed by atoms with Gasteiger partial charge in [0.1, 0.15) is 0 Å². The summed E-state index contributed by atoms with van der Waals surface area (Å²) in [6.07, 6.45) is 1.06. The highest BCUT2D eigenvalue weighted by Crippen LogP contribution is 2.32. The fourth-order valence-corrected chi connectivity index (χ4v) is 3.05. The Bertz CT molecular complexity index is 902. The van der Waals surface area contributed by atoms with Gasteiger partial charge in [-0.05, 0) is 17.7 Å². The van der Waals surface area contributed by atoms with Crippen LogP contribution in [0.4, 0.5) is 0 Å². The highest BCUT2D eigenvalue weighted by atomic mass is 16.1. The quantitative estimate of drug-likeness (QED) is 0.433. The number of benzene rings is 3. The number of carbonyl (C=O) groups is 1. The van der Waals surface area contributed by atoms with Crippen LogP contribution in [-0.4, -0.2) is 5.78 Å². The van der Waals surface area contributed by atoms with E-state index in [9.17, 15) is 4.79 Å². The summed E-state index contributed by atoms with van der Waals surface area (Å²) in [6.45, 7) is 2.13. The van der Waals surface area contributed by atoms with Crippen LogP contribution in [0.15, 0.2) is 91.0 Å². The molecule has 3 aromatic carbocycles. The second-order valence-electron chi connectivity index (χ2n) is 6.74. The summed E-state index contributed by atoms with van der Waals surface area (Å²) in [5.74, 6) is 6.67. The first-order valence-electron chi connectivity index (χ1n) is 8.85. The first-order chi connectivity index (χ1) is 12.7. The van der Waals surface area contributed by atoms with Crippen molar-refractivity contribution in [2.45, 2.75) is 25.2 Å². The number of rotatable bonds is 5. The van der Waals surface area contributed by atoms with E-state index < -0.39 is 0 Å². The lowest BCUT2D eigenvalue weighted by Crippen LogP contribution is -2.25. The Hall–Kier alpha value is -3.11. The van der Waals surface area contributed by atoms with E-state index in [1.165, 1.54) is 0 Å². The van der Waals surface area contributed by atoms with Gasteiger partial charge in [0.2, 0.25) is 0 Å². The van der Waals surface area contributed by atoms with E-state index in [1.807, 2.05) is 78.9 Å². The fourth-order valence-electron chi connectivity index (χ4n) is 3.05. The van der Waals surface area contributed by atoms with Crippen molar-refractivity contribution in [3.8, 4) is 11.8 Å². The Kier molecular flexibility index (Phi) is 5.66. The summed E-state index contributed by atoms with van der Waals surface area (Å²) >= 11 is 0. The Morgan fingerprint density at radius 1 is 0.808 bits per heavy atom. The second kappa shape index (κ2) is 8.32. The molecule has 1 atom stereocenters. The zero-order chi connectivity index (χ0) is 18.2. The van der Waals surface area contributed by atoms with Crippen LogP contribution in [0.5, 0.6) is 0 Å². The SMILES string of the molecule is CC(CC#Cc1ccccc1)(CC(=O)c1ccccc1)c1ccccc1. The van der Waals surface area contributed by atoms with Gasteiger partial charge in [0.25, 0.3) is 0 Å². The minimum Gasteiger partial charge on any atom is -0.294 e. The predicted octanol–water partition coefficient (Wildman–Crippen LogP) is 5.66. The van der Waals surface area contributed by atoms with Crippen molar-refractivity contribution in [3.63, 3.8) is 0 Å². The molecule has 1 heteroatoms. The number of ketones is 1. The number of Topliss-reactive ketones (excluding diaryl/α,β-unsaturated/α-hetero) is 1. The summed E-state index contributed by atoms with van der Waals surface area (Å²) in [5, 5.41) is 0. The van der Waals surface area contributed by atoms with Crippen LogP contribution in [0.3, 0.4) is 0 Å². The zero-order valence-corrected chi connectivity index (χ0v) is 15.0. The van der Waals surface area contributed by atoms with Gasteiger partial charge in [0.05, 0.1) is 0 Å². The molecule has 0 amide bonds. The van der Waals surface area contributed by atoms with Gasteiger partial charge in [-0.2, -0.15) is 0 Å². The van der Waals surface area contributed by atoms with Gasteiger partial charge in [-0.3, -0.25) is 4.79 Å². The second-order valence-corrected chi connectivity index (χ2v) is 6.74. The van der Waals surface area contributed by atoms with Gasteiger partial charge < -0.3 is 0 Å². The van der Waals surface area contributed by atoms with E-state index >= 15 is 0 Å². The molecule has 0 N–H and O–H groups in total. The molecule has 0 radical (unpaired) electrons. The fraction of sp³-hybridized carbons (Fsp3) is 0.160. The van der Waals surface area contributed by atoms with Crippen molar-refractivity contribution >= 4 is 5.78 Å². The third-order valence-electron chi connectivity index (χ3n) is 4.60. The van der Waals surface area contributed by atoms with Crippen LogP contribution in [0.2, 0.25) is 0 Å². The molecular weight excluding hydrogens is 316 g/mol. The van der Waals surface area contributed by atoms with Crippen LogP contribution in [0, 0.1) is 11.8 Å². The Balaban J connectivity index is 1.85. The van der Waals surface area contributed by atoms with E-state index in [0.29, 0.717) is 12.8 Å². The van der Waals surface area contributed by atoms with Crippen molar-refractivity contribution in [2.75, 3.05) is 0 Å². The smallest absolute Gasteiger partial charge is 0.163 e. The molecule has 0 saturated carbocycles. The minimum atomic E-state index is -0.323. The standard InChI is InChI=1S/C25H22O/c1-25(23-17-9-4-10-18-23,19-11-14-21-12-5-2-6-13-21)20-24(26)22-15-7-3-8-16-22/h2-10,12-13,15-18H,19-20H2,1H3. The maximum atomic E-state index is 12.8. The molecule has 3 aromatic rings. The van der Waals surface area contributed by atoms with Gasteiger partial charge in [0, 0.05) is 29.4 Å². The third kappa shape index (κ3) is 4.49.